The lowest BCUT2D eigenvalue weighted by molar-refractivity contribution is -0.302. The van der Waals surface area contributed by atoms with Gasteiger partial charge in [-0.05, 0) is 12.8 Å². The zero-order chi connectivity index (χ0) is 48.8. The maximum Gasteiger partial charge on any atom is 0.249 e. The molecule has 0 saturated carbocycles. The van der Waals surface area contributed by atoms with Crippen LogP contribution < -0.4 is 5.32 Å². The van der Waals surface area contributed by atoms with Crippen molar-refractivity contribution in [3.05, 3.63) is 0 Å². The Hall–Kier alpha value is -0.850. The van der Waals surface area contributed by atoms with Gasteiger partial charge in [0.1, 0.15) is 30.5 Å². The largest absolute Gasteiger partial charge is 0.394 e. The van der Waals surface area contributed by atoms with E-state index in [1.807, 2.05) is 0 Å². The normalized spacial score (nSPS) is 20.0. The van der Waals surface area contributed by atoms with Gasteiger partial charge in [0, 0.05) is 0 Å². The summed E-state index contributed by atoms with van der Waals surface area (Å²) in [6.07, 6.45) is 46.2. The van der Waals surface area contributed by atoms with Gasteiger partial charge in [0.15, 0.2) is 6.29 Å². The van der Waals surface area contributed by atoms with E-state index in [2.05, 4.69) is 19.2 Å². The summed E-state index contributed by atoms with van der Waals surface area (Å²) < 4.78 is 11.2. The first-order valence-corrected chi connectivity index (χ1v) is 29.3. The van der Waals surface area contributed by atoms with Gasteiger partial charge in [0.25, 0.3) is 0 Å². The van der Waals surface area contributed by atoms with Crippen molar-refractivity contribution in [1.29, 1.82) is 0 Å². The van der Waals surface area contributed by atoms with Gasteiger partial charge >= 0.3 is 0 Å². The Kier molecular flexibility index (Phi) is 45.5. The molecule has 0 aromatic rings. The SMILES string of the molecule is CCCCCCCCCCCCCCCCCCCCCCCCCCCCCCCCC(O)C(=O)NC(COC1OC(CO)C(O)C(O)C1O)C(O)CCCCCCCCCCCCCC. The number of carbonyl (C=O) groups excluding carboxylic acids is 1. The number of unbranched alkanes of at least 4 members (excludes halogenated alkanes) is 40. The average molecular weight is 957 g/mol. The molecule has 1 heterocycles. The van der Waals surface area contributed by atoms with E-state index in [9.17, 15) is 35.4 Å². The van der Waals surface area contributed by atoms with Crippen LogP contribution in [0, 0.1) is 0 Å². The van der Waals surface area contributed by atoms with E-state index in [1.165, 1.54) is 225 Å². The number of aliphatic hydroxyl groups excluding tert-OH is 6. The van der Waals surface area contributed by atoms with E-state index in [-0.39, 0.29) is 6.61 Å². The molecule has 1 amide bonds. The summed E-state index contributed by atoms with van der Waals surface area (Å²) in [6.45, 7) is 3.70. The Balaban J connectivity index is 2.13. The van der Waals surface area contributed by atoms with Crippen molar-refractivity contribution in [1.82, 2.24) is 5.32 Å². The standard InChI is InChI=1S/C57H113NO9/c1-3-5-7-9-11-13-15-17-18-19-20-21-22-23-24-25-26-27-28-29-30-31-32-33-34-36-38-40-42-44-46-51(61)56(65)58-49(48-66-57-55(64)54(63)53(62)52(47-59)67-57)50(60)45-43-41-39-37-35-16-14-12-10-8-6-4-2/h49-55,57,59-64H,3-48H2,1-2H3,(H,58,65). The van der Waals surface area contributed by atoms with Crippen molar-refractivity contribution in [2.75, 3.05) is 13.2 Å². The van der Waals surface area contributed by atoms with E-state index >= 15 is 0 Å². The van der Waals surface area contributed by atoms with Gasteiger partial charge < -0.3 is 45.4 Å². The number of hydrogen-bond acceptors (Lipinski definition) is 9. The van der Waals surface area contributed by atoms with Crippen LogP contribution in [0.3, 0.4) is 0 Å². The summed E-state index contributed by atoms with van der Waals surface area (Å²) in [6, 6.07) is -0.888. The Morgan fingerprint density at radius 1 is 0.448 bits per heavy atom. The Morgan fingerprint density at radius 2 is 0.746 bits per heavy atom. The minimum absolute atomic E-state index is 0.250. The van der Waals surface area contributed by atoms with Crippen LogP contribution in [-0.2, 0) is 14.3 Å². The lowest BCUT2D eigenvalue weighted by Gasteiger charge is -2.40. The van der Waals surface area contributed by atoms with E-state index in [0.717, 1.165) is 44.9 Å². The fourth-order valence-corrected chi connectivity index (χ4v) is 9.82. The topological polar surface area (TPSA) is 169 Å². The first-order chi connectivity index (χ1) is 32.8. The second-order valence-corrected chi connectivity index (χ2v) is 20.9. The Labute approximate surface area is 413 Å². The van der Waals surface area contributed by atoms with Crippen molar-refractivity contribution < 1.29 is 44.9 Å². The molecule has 7 N–H and O–H groups in total. The highest BCUT2D eigenvalue weighted by atomic mass is 16.7. The first-order valence-electron chi connectivity index (χ1n) is 29.3. The van der Waals surface area contributed by atoms with Crippen molar-refractivity contribution in [2.24, 2.45) is 0 Å². The summed E-state index contributed by atoms with van der Waals surface area (Å²) in [5, 5.41) is 65.1. The number of nitrogens with one attached hydrogen (secondary N) is 1. The van der Waals surface area contributed by atoms with E-state index in [1.54, 1.807) is 0 Å². The van der Waals surface area contributed by atoms with Crippen LogP contribution in [0.5, 0.6) is 0 Å². The molecule has 8 atom stereocenters. The molecular formula is C57H113NO9. The molecule has 10 heteroatoms. The molecule has 0 aromatic heterocycles. The summed E-state index contributed by atoms with van der Waals surface area (Å²) >= 11 is 0. The minimum Gasteiger partial charge on any atom is -0.394 e. The molecule has 1 rings (SSSR count). The van der Waals surface area contributed by atoms with E-state index in [0.29, 0.717) is 12.8 Å². The molecule has 0 radical (unpaired) electrons. The van der Waals surface area contributed by atoms with Crippen LogP contribution in [0.4, 0.5) is 0 Å². The van der Waals surface area contributed by atoms with Crippen LogP contribution in [0.25, 0.3) is 0 Å². The van der Waals surface area contributed by atoms with Gasteiger partial charge in [-0.3, -0.25) is 4.79 Å². The molecule has 1 aliphatic heterocycles. The van der Waals surface area contributed by atoms with E-state index in [4.69, 9.17) is 9.47 Å². The fourth-order valence-electron chi connectivity index (χ4n) is 9.82. The van der Waals surface area contributed by atoms with Crippen LogP contribution in [0.15, 0.2) is 0 Å². The fraction of sp³-hybridized carbons (Fsp3) is 0.982. The highest BCUT2D eigenvalue weighted by Crippen LogP contribution is 2.23. The maximum absolute atomic E-state index is 13.1. The third kappa shape index (κ3) is 36.7. The van der Waals surface area contributed by atoms with Crippen LogP contribution in [0.2, 0.25) is 0 Å². The summed E-state index contributed by atoms with van der Waals surface area (Å²) in [4.78, 5) is 13.1. The lowest BCUT2D eigenvalue weighted by atomic mass is 9.99. The number of rotatable bonds is 51. The number of carbonyl (C=O) groups is 1. The number of aliphatic hydroxyl groups is 6. The van der Waals surface area contributed by atoms with Crippen LogP contribution in [0.1, 0.15) is 296 Å². The predicted octanol–water partition coefficient (Wildman–Crippen LogP) is 13.2. The monoisotopic (exact) mass is 956 g/mol. The number of hydrogen-bond donors (Lipinski definition) is 7. The highest BCUT2D eigenvalue weighted by Gasteiger charge is 2.44. The molecular weight excluding hydrogens is 843 g/mol. The third-order valence-corrected chi connectivity index (χ3v) is 14.6. The Morgan fingerprint density at radius 3 is 1.06 bits per heavy atom. The summed E-state index contributed by atoms with van der Waals surface area (Å²) in [7, 11) is 0. The van der Waals surface area contributed by atoms with Crippen LogP contribution in [-0.4, -0.2) is 98.7 Å². The van der Waals surface area contributed by atoms with Gasteiger partial charge in [-0.1, -0.05) is 284 Å². The predicted molar refractivity (Wildman–Crippen MR) is 278 cm³/mol. The summed E-state index contributed by atoms with van der Waals surface area (Å²) in [5.41, 5.74) is 0. The van der Waals surface area contributed by atoms with Gasteiger partial charge in [-0.2, -0.15) is 0 Å². The van der Waals surface area contributed by atoms with Crippen molar-refractivity contribution >= 4 is 5.91 Å². The summed E-state index contributed by atoms with van der Waals surface area (Å²) in [5.74, 6) is -0.577. The second kappa shape index (κ2) is 47.5. The molecule has 0 bridgehead atoms. The molecule has 1 fully saturated rings. The molecule has 1 saturated heterocycles. The van der Waals surface area contributed by atoms with Gasteiger partial charge in [0.05, 0.1) is 25.4 Å². The molecule has 1 aliphatic rings. The van der Waals surface area contributed by atoms with Gasteiger partial charge in [-0.25, -0.2) is 0 Å². The highest BCUT2D eigenvalue weighted by molar-refractivity contribution is 5.80. The maximum atomic E-state index is 13.1. The smallest absolute Gasteiger partial charge is 0.249 e. The lowest BCUT2D eigenvalue weighted by Crippen LogP contribution is -2.60. The first kappa shape index (κ1) is 64.2. The number of amides is 1. The molecule has 8 unspecified atom stereocenters. The average Bonchev–Trinajstić information content (AvgIpc) is 3.33. The minimum atomic E-state index is -1.59. The zero-order valence-corrected chi connectivity index (χ0v) is 44.1. The van der Waals surface area contributed by atoms with Gasteiger partial charge in [0.2, 0.25) is 5.91 Å². The van der Waals surface area contributed by atoms with Crippen molar-refractivity contribution in [2.45, 2.75) is 345 Å². The van der Waals surface area contributed by atoms with Crippen molar-refractivity contribution in [3.63, 3.8) is 0 Å². The second-order valence-electron chi connectivity index (χ2n) is 20.9. The molecule has 0 spiro atoms. The van der Waals surface area contributed by atoms with Crippen LogP contribution >= 0.6 is 0 Å². The molecule has 0 aromatic carbocycles. The zero-order valence-electron chi connectivity index (χ0n) is 44.1. The molecule has 400 valence electrons. The van der Waals surface area contributed by atoms with Gasteiger partial charge in [-0.15, -0.1) is 0 Å². The quantitative estimate of drug-likeness (QED) is 0.0293. The molecule has 67 heavy (non-hydrogen) atoms. The number of ether oxygens (including phenoxy) is 2. The Bertz CT molecular complexity index is 1040. The van der Waals surface area contributed by atoms with Crippen molar-refractivity contribution in [3.8, 4) is 0 Å². The molecule has 0 aliphatic carbocycles. The third-order valence-electron chi connectivity index (χ3n) is 14.6. The molecule has 10 nitrogen and oxygen atoms in total. The van der Waals surface area contributed by atoms with E-state index < -0.39 is 61.5 Å².